The smallest absolute Gasteiger partial charge is 0.0700 e. The van der Waals surface area contributed by atoms with E-state index in [0.717, 1.165) is 31.1 Å². The molecule has 1 saturated heterocycles. The topological polar surface area (TPSA) is 30.5 Å². The Morgan fingerprint density at radius 1 is 1.22 bits per heavy atom. The number of benzene rings is 1. The molecule has 1 aromatic rings. The van der Waals surface area contributed by atoms with Gasteiger partial charge in [-0.15, -0.1) is 0 Å². The van der Waals surface area contributed by atoms with Crippen LogP contribution in [-0.2, 0) is 14.9 Å². The van der Waals surface area contributed by atoms with Crippen LogP contribution in [0.4, 0.5) is 0 Å². The lowest BCUT2D eigenvalue weighted by molar-refractivity contribution is 0.0546. The van der Waals surface area contributed by atoms with E-state index in [4.69, 9.17) is 21.1 Å². The minimum atomic E-state index is 0.144. The van der Waals surface area contributed by atoms with Gasteiger partial charge in [-0.25, -0.2) is 0 Å². The first kappa shape index (κ1) is 13.8. The van der Waals surface area contributed by atoms with Gasteiger partial charge < -0.3 is 14.8 Å². The Balaban J connectivity index is 1.92. The molecule has 1 heterocycles. The highest BCUT2D eigenvalue weighted by molar-refractivity contribution is 6.31. The van der Waals surface area contributed by atoms with Gasteiger partial charge in [0, 0.05) is 37.2 Å². The predicted molar refractivity (Wildman–Crippen MR) is 73.3 cm³/mol. The van der Waals surface area contributed by atoms with Crippen molar-refractivity contribution in [3.63, 3.8) is 0 Å². The molecule has 0 bridgehead atoms. The van der Waals surface area contributed by atoms with Crippen LogP contribution < -0.4 is 5.32 Å². The molecule has 1 aromatic carbocycles. The fraction of sp³-hybridized carbons (Fsp3) is 0.571. The maximum absolute atomic E-state index is 6.30. The van der Waals surface area contributed by atoms with Crippen molar-refractivity contribution in [2.24, 2.45) is 0 Å². The van der Waals surface area contributed by atoms with E-state index >= 15 is 0 Å². The number of hydrogen-bond donors (Lipinski definition) is 1. The average Bonchev–Trinajstić information content (AvgIpc) is 2.33. The van der Waals surface area contributed by atoms with E-state index in [-0.39, 0.29) is 5.41 Å². The van der Waals surface area contributed by atoms with Gasteiger partial charge in [0.1, 0.15) is 0 Å². The van der Waals surface area contributed by atoms with Crippen molar-refractivity contribution in [2.45, 2.75) is 11.8 Å². The van der Waals surface area contributed by atoms with Crippen molar-refractivity contribution in [3.8, 4) is 0 Å². The molecule has 0 aromatic heterocycles. The van der Waals surface area contributed by atoms with Crippen LogP contribution >= 0.6 is 11.6 Å². The molecular weight excluding hydrogens is 250 g/mol. The molecule has 100 valence electrons. The van der Waals surface area contributed by atoms with E-state index in [9.17, 15) is 0 Å². The Hall–Kier alpha value is -0.610. The van der Waals surface area contributed by atoms with Crippen molar-refractivity contribution in [1.29, 1.82) is 0 Å². The number of rotatable bonds is 7. The highest BCUT2D eigenvalue weighted by atomic mass is 35.5. The minimum Gasteiger partial charge on any atom is -0.382 e. The molecule has 0 saturated carbocycles. The first-order chi connectivity index (χ1) is 8.78. The van der Waals surface area contributed by atoms with Crippen LogP contribution in [0.15, 0.2) is 24.3 Å². The molecule has 0 spiro atoms. The van der Waals surface area contributed by atoms with E-state index in [2.05, 4.69) is 11.4 Å². The first-order valence-corrected chi connectivity index (χ1v) is 6.69. The fourth-order valence-corrected chi connectivity index (χ4v) is 2.67. The second-order valence-electron chi connectivity index (χ2n) is 4.72. The lowest BCUT2D eigenvalue weighted by Gasteiger charge is -2.43. The Kier molecular flexibility index (Phi) is 5.01. The Morgan fingerprint density at radius 2 is 2.00 bits per heavy atom. The number of hydrogen-bond acceptors (Lipinski definition) is 3. The van der Waals surface area contributed by atoms with Gasteiger partial charge in [0.25, 0.3) is 0 Å². The van der Waals surface area contributed by atoms with Crippen LogP contribution in [-0.4, -0.2) is 40.0 Å². The molecule has 2 rings (SSSR count). The zero-order valence-corrected chi connectivity index (χ0v) is 11.5. The summed E-state index contributed by atoms with van der Waals surface area (Å²) in [5.41, 5.74) is 1.38. The average molecular weight is 270 g/mol. The number of methoxy groups -OCH3 is 1. The largest absolute Gasteiger partial charge is 0.382 e. The molecule has 1 N–H and O–H groups in total. The lowest BCUT2D eigenvalue weighted by Crippen LogP contribution is -2.57. The number of ether oxygens (including phenoxy) is 2. The van der Waals surface area contributed by atoms with E-state index < -0.39 is 0 Å². The molecule has 1 aliphatic heterocycles. The molecule has 0 amide bonds. The maximum Gasteiger partial charge on any atom is 0.0700 e. The normalized spacial score (nSPS) is 17.4. The van der Waals surface area contributed by atoms with Gasteiger partial charge >= 0.3 is 0 Å². The molecule has 18 heavy (non-hydrogen) atoms. The molecule has 1 aliphatic rings. The van der Waals surface area contributed by atoms with Crippen LogP contribution in [0.2, 0.25) is 5.02 Å². The van der Waals surface area contributed by atoms with Gasteiger partial charge in [-0.2, -0.15) is 0 Å². The van der Waals surface area contributed by atoms with Crippen molar-refractivity contribution >= 4 is 11.6 Å². The van der Waals surface area contributed by atoms with Crippen molar-refractivity contribution in [2.75, 3.05) is 40.0 Å². The van der Waals surface area contributed by atoms with E-state index in [1.54, 1.807) is 7.11 Å². The third-order valence-corrected chi connectivity index (χ3v) is 3.86. The Bertz CT molecular complexity index is 380. The molecule has 0 radical (unpaired) electrons. The van der Waals surface area contributed by atoms with Crippen molar-refractivity contribution in [1.82, 2.24) is 5.32 Å². The summed E-state index contributed by atoms with van der Waals surface area (Å²) in [6.07, 6.45) is 0.993. The van der Waals surface area contributed by atoms with Gasteiger partial charge in [-0.1, -0.05) is 29.8 Å². The molecule has 3 nitrogen and oxygen atoms in total. The molecular formula is C14H20ClNO2. The lowest BCUT2D eigenvalue weighted by atomic mass is 9.73. The van der Waals surface area contributed by atoms with Gasteiger partial charge in [0.15, 0.2) is 0 Å². The summed E-state index contributed by atoms with van der Waals surface area (Å²) in [4.78, 5) is 0. The zero-order chi connectivity index (χ0) is 12.8. The Labute approximate surface area is 113 Å². The highest BCUT2D eigenvalue weighted by Crippen LogP contribution is 2.36. The second kappa shape index (κ2) is 6.53. The van der Waals surface area contributed by atoms with Gasteiger partial charge in [0.05, 0.1) is 13.2 Å². The zero-order valence-electron chi connectivity index (χ0n) is 10.7. The van der Waals surface area contributed by atoms with E-state index in [1.807, 2.05) is 18.2 Å². The first-order valence-electron chi connectivity index (χ1n) is 6.31. The van der Waals surface area contributed by atoms with Gasteiger partial charge in [-0.05, 0) is 18.1 Å². The minimum absolute atomic E-state index is 0.144. The third-order valence-electron chi connectivity index (χ3n) is 3.53. The summed E-state index contributed by atoms with van der Waals surface area (Å²) < 4.78 is 10.5. The summed E-state index contributed by atoms with van der Waals surface area (Å²) in [7, 11) is 1.68. The van der Waals surface area contributed by atoms with Crippen LogP contribution in [0, 0.1) is 0 Å². The Morgan fingerprint density at radius 3 is 2.61 bits per heavy atom. The van der Waals surface area contributed by atoms with E-state index in [0.29, 0.717) is 13.2 Å². The van der Waals surface area contributed by atoms with Crippen molar-refractivity contribution in [3.05, 3.63) is 34.9 Å². The SMILES string of the molecule is COCCOCCC1(c2ccccc2Cl)CNC1. The predicted octanol–water partition coefficient (Wildman–Crippen LogP) is 2.23. The molecule has 0 unspecified atom stereocenters. The molecule has 0 atom stereocenters. The quantitative estimate of drug-likeness (QED) is 0.770. The summed E-state index contributed by atoms with van der Waals surface area (Å²) in [6, 6.07) is 8.11. The fourth-order valence-electron chi connectivity index (χ4n) is 2.33. The van der Waals surface area contributed by atoms with Crippen LogP contribution in [0.3, 0.4) is 0 Å². The molecule has 4 heteroatoms. The highest BCUT2D eigenvalue weighted by Gasteiger charge is 2.39. The van der Waals surface area contributed by atoms with Crippen molar-refractivity contribution < 1.29 is 9.47 Å². The van der Waals surface area contributed by atoms with Crippen LogP contribution in [0.1, 0.15) is 12.0 Å². The molecule has 0 aliphatic carbocycles. The summed E-state index contributed by atoms with van der Waals surface area (Å²) in [6.45, 7) is 4.00. The summed E-state index contributed by atoms with van der Waals surface area (Å²) in [5, 5.41) is 4.20. The number of halogens is 1. The van der Waals surface area contributed by atoms with E-state index in [1.165, 1.54) is 5.56 Å². The van der Waals surface area contributed by atoms with Crippen LogP contribution in [0.25, 0.3) is 0 Å². The summed E-state index contributed by atoms with van der Waals surface area (Å²) >= 11 is 6.30. The standard InChI is InChI=1S/C14H20ClNO2/c1-17-8-9-18-7-6-14(10-16-11-14)12-4-2-3-5-13(12)15/h2-5,16H,6-11H2,1H3. The van der Waals surface area contributed by atoms with Gasteiger partial charge in [-0.3, -0.25) is 0 Å². The van der Waals surface area contributed by atoms with Gasteiger partial charge in [0.2, 0.25) is 0 Å². The maximum atomic E-state index is 6.30. The third kappa shape index (κ3) is 3.04. The molecule has 1 fully saturated rings. The monoisotopic (exact) mass is 269 g/mol. The number of nitrogens with one attached hydrogen (secondary N) is 1. The van der Waals surface area contributed by atoms with Crippen LogP contribution in [0.5, 0.6) is 0 Å². The summed E-state index contributed by atoms with van der Waals surface area (Å²) in [5.74, 6) is 0. The second-order valence-corrected chi connectivity index (χ2v) is 5.13.